The van der Waals surface area contributed by atoms with Gasteiger partial charge in [-0.3, -0.25) is 4.79 Å². The number of benzene rings is 1. The van der Waals surface area contributed by atoms with Gasteiger partial charge in [-0.15, -0.1) is 0 Å². The van der Waals surface area contributed by atoms with Gasteiger partial charge in [0.15, 0.2) is 0 Å². The molecule has 0 unspecified atom stereocenters. The molecule has 0 N–H and O–H groups in total. The van der Waals surface area contributed by atoms with Crippen LogP contribution in [0.5, 0.6) is 0 Å². The molecule has 1 amide bonds. The van der Waals surface area contributed by atoms with Gasteiger partial charge >= 0.3 is 0 Å². The number of likely N-dealkylation sites (tertiary alicyclic amines) is 1. The zero-order chi connectivity index (χ0) is 16.0. The molecule has 0 spiro atoms. The van der Waals surface area contributed by atoms with E-state index in [-0.39, 0.29) is 5.91 Å². The zero-order valence-electron chi connectivity index (χ0n) is 13.6. The van der Waals surface area contributed by atoms with Crippen LogP contribution in [-0.4, -0.2) is 34.0 Å². The Balaban J connectivity index is 1.64. The fraction of sp³-hybridized carbons (Fsp3) is 0.500. The summed E-state index contributed by atoms with van der Waals surface area (Å²) in [6.07, 6.45) is 3.83. The van der Waals surface area contributed by atoms with Gasteiger partial charge in [0.2, 0.25) is 17.6 Å². The number of nitrogens with zero attached hydrogens (tertiary/aromatic N) is 3. The van der Waals surface area contributed by atoms with Gasteiger partial charge in [0.1, 0.15) is 5.41 Å². The molecule has 1 saturated carbocycles. The van der Waals surface area contributed by atoms with Gasteiger partial charge in [-0.2, -0.15) is 4.98 Å². The Morgan fingerprint density at radius 2 is 1.78 bits per heavy atom. The maximum atomic E-state index is 12.8. The third-order valence-electron chi connectivity index (χ3n) is 4.87. The number of hydrogen-bond donors (Lipinski definition) is 0. The van der Waals surface area contributed by atoms with Crippen LogP contribution in [0.2, 0.25) is 0 Å². The largest absolute Gasteiger partial charge is 0.342 e. The summed E-state index contributed by atoms with van der Waals surface area (Å²) in [5.74, 6) is 1.24. The van der Waals surface area contributed by atoms with Crippen molar-refractivity contribution in [1.82, 2.24) is 15.0 Å². The summed E-state index contributed by atoms with van der Waals surface area (Å²) in [4.78, 5) is 19.3. The van der Waals surface area contributed by atoms with Crippen molar-refractivity contribution in [3.8, 4) is 11.4 Å². The third kappa shape index (κ3) is 2.44. The average molecular weight is 311 g/mol. The summed E-state index contributed by atoms with van der Waals surface area (Å²) in [6.45, 7) is 5.82. The lowest BCUT2D eigenvalue weighted by Crippen LogP contribution is -2.37. The van der Waals surface area contributed by atoms with Crippen LogP contribution in [-0.2, 0) is 10.2 Å². The van der Waals surface area contributed by atoms with Crippen molar-refractivity contribution in [3.63, 3.8) is 0 Å². The third-order valence-corrected chi connectivity index (χ3v) is 4.87. The Bertz CT molecular complexity index is 735. The lowest BCUT2D eigenvalue weighted by molar-refractivity contribution is -0.133. The zero-order valence-corrected chi connectivity index (χ0v) is 13.6. The Morgan fingerprint density at radius 3 is 2.39 bits per heavy atom. The molecule has 1 saturated heterocycles. The van der Waals surface area contributed by atoms with Gasteiger partial charge in [-0.1, -0.05) is 22.3 Å². The molecule has 1 aromatic heterocycles. The first kappa shape index (κ1) is 14.4. The Labute approximate surface area is 135 Å². The summed E-state index contributed by atoms with van der Waals surface area (Å²) < 4.78 is 5.50. The molecule has 5 heteroatoms. The molecule has 4 rings (SSSR count). The van der Waals surface area contributed by atoms with E-state index in [9.17, 15) is 4.79 Å². The second-order valence-electron chi connectivity index (χ2n) is 6.88. The molecule has 1 aliphatic heterocycles. The van der Waals surface area contributed by atoms with Crippen LogP contribution in [0.25, 0.3) is 11.4 Å². The van der Waals surface area contributed by atoms with Crippen LogP contribution in [0.15, 0.2) is 22.7 Å². The number of hydrogen-bond acceptors (Lipinski definition) is 4. The van der Waals surface area contributed by atoms with Gasteiger partial charge in [0.25, 0.3) is 0 Å². The Kier molecular flexibility index (Phi) is 3.25. The molecule has 120 valence electrons. The van der Waals surface area contributed by atoms with Crippen LogP contribution < -0.4 is 0 Å². The van der Waals surface area contributed by atoms with E-state index in [0.29, 0.717) is 11.7 Å². The first-order valence-corrected chi connectivity index (χ1v) is 8.31. The fourth-order valence-electron chi connectivity index (χ4n) is 3.51. The first-order valence-electron chi connectivity index (χ1n) is 8.31. The Hall–Kier alpha value is -2.17. The van der Waals surface area contributed by atoms with E-state index in [1.807, 2.05) is 17.0 Å². The minimum atomic E-state index is -0.547. The van der Waals surface area contributed by atoms with Gasteiger partial charge in [-0.05, 0) is 51.7 Å². The molecule has 1 aromatic carbocycles. The monoisotopic (exact) mass is 311 g/mol. The number of carbonyl (C=O) groups is 1. The molecule has 0 atom stereocenters. The molecule has 0 bridgehead atoms. The van der Waals surface area contributed by atoms with Gasteiger partial charge < -0.3 is 9.42 Å². The number of aromatic nitrogens is 2. The lowest BCUT2D eigenvalue weighted by atomic mass is 10.1. The van der Waals surface area contributed by atoms with Crippen LogP contribution in [0.4, 0.5) is 0 Å². The van der Waals surface area contributed by atoms with Crippen LogP contribution >= 0.6 is 0 Å². The summed E-state index contributed by atoms with van der Waals surface area (Å²) >= 11 is 0. The van der Waals surface area contributed by atoms with E-state index in [2.05, 4.69) is 30.1 Å². The van der Waals surface area contributed by atoms with Crippen LogP contribution in [0.3, 0.4) is 0 Å². The van der Waals surface area contributed by atoms with Crippen LogP contribution in [0, 0.1) is 13.8 Å². The highest BCUT2D eigenvalue weighted by atomic mass is 16.5. The van der Waals surface area contributed by atoms with E-state index in [4.69, 9.17) is 4.52 Å². The fourth-order valence-corrected chi connectivity index (χ4v) is 3.51. The average Bonchev–Trinajstić information content (AvgIpc) is 2.97. The standard InChI is InChI=1S/C18H21N3O2/c1-12-9-13(2)11-14(10-12)15-19-16(23-20-15)18(5-6-18)17(22)21-7-3-4-8-21/h9-11H,3-8H2,1-2H3. The van der Waals surface area contributed by atoms with Crippen molar-refractivity contribution in [2.24, 2.45) is 0 Å². The summed E-state index contributed by atoms with van der Waals surface area (Å²) in [5, 5.41) is 4.13. The molecular formula is C18H21N3O2. The first-order chi connectivity index (χ1) is 11.1. The lowest BCUT2D eigenvalue weighted by Gasteiger charge is -2.19. The predicted molar refractivity (Wildman–Crippen MR) is 85.9 cm³/mol. The Morgan fingerprint density at radius 1 is 1.13 bits per heavy atom. The topological polar surface area (TPSA) is 59.2 Å². The molecule has 2 aromatic rings. The highest BCUT2D eigenvalue weighted by molar-refractivity contribution is 5.90. The minimum Gasteiger partial charge on any atom is -0.342 e. The summed E-state index contributed by atoms with van der Waals surface area (Å²) in [7, 11) is 0. The van der Waals surface area contributed by atoms with Gasteiger partial charge in [0, 0.05) is 18.7 Å². The van der Waals surface area contributed by atoms with Crippen molar-refractivity contribution < 1.29 is 9.32 Å². The molecule has 5 nitrogen and oxygen atoms in total. The van der Waals surface area contributed by atoms with Crippen molar-refractivity contribution >= 4 is 5.91 Å². The van der Waals surface area contributed by atoms with Crippen LogP contribution in [0.1, 0.15) is 42.7 Å². The quantitative estimate of drug-likeness (QED) is 0.874. The molecule has 0 radical (unpaired) electrons. The highest BCUT2D eigenvalue weighted by Crippen LogP contribution is 2.49. The summed E-state index contributed by atoms with van der Waals surface area (Å²) in [5.41, 5.74) is 2.73. The second-order valence-corrected chi connectivity index (χ2v) is 6.88. The van der Waals surface area contributed by atoms with E-state index >= 15 is 0 Å². The van der Waals surface area contributed by atoms with E-state index in [0.717, 1.165) is 44.3 Å². The van der Waals surface area contributed by atoms with Gasteiger partial charge in [-0.25, -0.2) is 0 Å². The van der Waals surface area contributed by atoms with E-state index in [1.165, 1.54) is 11.1 Å². The molecule has 2 aliphatic rings. The molecule has 23 heavy (non-hydrogen) atoms. The second kappa shape index (κ2) is 5.18. The normalized spacial score (nSPS) is 19.1. The minimum absolute atomic E-state index is 0.172. The highest BCUT2D eigenvalue weighted by Gasteiger charge is 2.57. The van der Waals surface area contributed by atoms with E-state index in [1.54, 1.807) is 0 Å². The van der Waals surface area contributed by atoms with Crippen molar-refractivity contribution in [2.45, 2.75) is 44.9 Å². The molecule has 2 fully saturated rings. The number of rotatable bonds is 3. The number of aryl methyl sites for hydroxylation is 2. The molecule has 2 heterocycles. The number of carbonyl (C=O) groups excluding carboxylic acids is 1. The summed E-state index contributed by atoms with van der Waals surface area (Å²) in [6, 6.07) is 6.21. The predicted octanol–water partition coefficient (Wildman–Crippen LogP) is 3.01. The van der Waals surface area contributed by atoms with E-state index < -0.39 is 5.41 Å². The van der Waals surface area contributed by atoms with Gasteiger partial charge in [0.05, 0.1) is 0 Å². The van der Waals surface area contributed by atoms with Crippen molar-refractivity contribution in [2.75, 3.05) is 13.1 Å². The SMILES string of the molecule is Cc1cc(C)cc(-c2noc(C3(C(=O)N4CCCC4)CC3)n2)c1. The number of amides is 1. The van der Waals surface area contributed by atoms with Crippen molar-refractivity contribution in [3.05, 3.63) is 35.2 Å². The maximum Gasteiger partial charge on any atom is 0.242 e. The molecule has 1 aliphatic carbocycles. The smallest absolute Gasteiger partial charge is 0.242 e. The maximum absolute atomic E-state index is 12.8. The van der Waals surface area contributed by atoms with Crippen molar-refractivity contribution in [1.29, 1.82) is 0 Å². The molecular weight excluding hydrogens is 290 g/mol.